The van der Waals surface area contributed by atoms with Gasteiger partial charge in [-0.25, -0.2) is 4.39 Å². The third-order valence-electron chi connectivity index (χ3n) is 1.95. The van der Waals surface area contributed by atoms with E-state index in [9.17, 15) is 9.18 Å². The Kier molecular flexibility index (Phi) is 3.14. The maximum Gasteiger partial charge on any atom is 0.139 e. The minimum atomic E-state index is -0.527. The molecule has 0 saturated heterocycles. The molecule has 0 bridgehead atoms. The number of carbonyl (C=O) groups excluding carboxylic acids is 1. The van der Waals surface area contributed by atoms with Gasteiger partial charge in [-0.1, -0.05) is 12.1 Å². The van der Waals surface area contributed by atoms with Crippen LogP contribution in [-0.2, 0) is 4.79 Å². The van der Waals surface area contributed by atoms with Crippen LogP contribution < -0.4 is 0 Å². The van der Waals surface area contributed by atoms with E-state index in [1.807, 2.05) is 0 Å². The Bertz CT molecular complexity index is 292. The van der Waals surface area contributed by atoms with Crippen molar-refractivity contribution in [3.8, 4) is 0 Å². The first kappa shape index (κ1) is 9.86. The minimum absolute atomic E-state index is 0.117. The number of ketones is 1. The zero-order valence-corrected chi connectivity index (χ0v) is 7.33. The molecule has 0 fully saturated rings. The Morgan fingerprint density at radius 3 is 2.38 bits per heavy atom. The molecule has 0 aliphatic heterocycles. The van der Waals surface area contributed by atoms with Crippen molar-refractivity contribution in [2.75, 3.05) is 6.61 Å². The van der Waals surface area contributed by atoms with E-state index < -0.39 is 5.92 Å². The van der Waals surface area contributed by atoms with Crippen molar-refractivity contribution in [2.24, 2.45) is 0 Å². The van der Waals surface area contributed by atoms with Gasteiger partial charge in [0.15, 0.2) is 0 Å². The lowest BCUT2D eigenvalue weighted by Crippen LogP contribution is -2.12. The van der Waals surface area contributed by atoms with Gasteiger partial charge in [-0.3, -0.25) is 4.79 Å². The number of hydrogen-bond acceptors (Lipinski definition) is 2. The zero-order chi connectivity index (χ0) is 9.84. The molecule has 70 valence electrons. The first-order chi connectivity index (χ1) is 6.15. The van der Waals surface area contributed by atoms with E-state index >= 15 is 0 Å². The van der Waals surface area contributed by atoms with Crippen LogP contribution in [0.5, 0.6) is 0 Å². The van der Waals surface area contributed by atoms with Crippen molar-refractivity contribution < 1.29 is 14.3 Å². The molecule has 0 saturated carbocycles. The van der Waals surface area contributed by atoms with Gasteiger partial charge in [0, 0.05) is 0 Å². The number of aliphatic hydroxyl groups is 1. The lowest BCUT2D eigenvalue weighted by atomic mass is 9.96. The van der Waals surface area contributed by atoms with Gasteiger partial charge in [0.25, 0.3) is 0 Å². The van der Waals surface area contributed by atoms with Crippen LogP contribution in [0.2, 0.25) is 0 Å². The Balaban J connectivity index is 2.92. The number of carbonyl (C=O) groups is 1. The molecule has 0 amide bonds. The van der Waals surface area contributed by atoms with Gasteiger partial charge in [0.05, 0.1) is 12.5 Å². The largest absolute Gasteiger partial charge is 0.395 e. The molecule has 1 unspecified atom stereocenters. The molecule has 1 aromatic rings. The van der Waals surface area contributed by atoms with Gasteiger partial charge in [0.2, 0.25) is 0 Å². The smallest absolute Gasteiger partial charge is 0.139 e. The molecule has 0 spiro atoms. The molecule has 1 atom stereocenters. The lowest BCUT2D eigenvalue weighted by molar-refractivity contribution is -0.119. The summed E-state index contributed by atoms with van der Waals surface area (Å²) >= 11 is 0. The first-order valence-electron chi connectivity index (χ1n) is 4.02. The fraction of sp³-hybridized carbons (Fsp3) is 0.300. The number of Topliss-reactive ketones (excluding diaryl/α,β-unsaturated/α-hetero) is 1. The van der Waals surface area contributed by atoms with E-state index in [2.05, 4.69) is 0 Å². The lowest BCUT2D eigenvalue weighted by Gasteiger charge is -2.09. The van der Waals surface area contributed by atoms with E-state index in [-0.39, 0.29) is 18.2 Å². The molecule has 3 heteroatoms. The van der Waals surface area contributed by atoms with Crippen molar-refractivity contribution >= 4 is 5.78 Å². The molecule has 0 aromatic heterocycles. The van der Waals surface area contributed by atoms with Crippen LogP contribution in [0.15, 0.2) is 24.3 Å². The number of hydrogen-bond donors (Lipinski definition) is 1. The van der Waals surface area contributed by atoms with E-state index in [0.717, 1.165) is 0 Å². The number of benzene rings is 1. The number of rotatable bonds is 3. The summed E-state index contributed by atoms with van der Waals surface area (Å²) < 4.78 is 12.5. The van der Waals surface area contributed by atoms with Gasteiger partial charge in [-0.15, -0.1) is 0 Å². The maximum absolute atomic E-state index is 12.5. The standard InChI is InChI=1S/C10H11FO2/c1-7(13)10(6-12)8-2-4-9(11)5-3-8/h2-5,10,12H,6H2,1H3. The molecular formula is C10H11FO2. The maximum atomic E-state index is 12.5. The second kappa shape index (κ2) is 4.14. The van der Waals surface area contributed by atoms with Gasteiger partial charge in [-0.05, 0) is 24.6 Å². The molecule has 13 heavy (non-hydrogen) atoms. The summed E-state index contributed by atoms with van der Waals surface area (Å²) in [6.45, 7) is 1.17. The van der Waals surface area contributed by atoms with Crippen molar-refractivity contribution in [3.63, 3.8) is 0 Å². The monoisotopic (exact) mass is 182 g/mol. The summed E-state index contributed by atoms with van der Waals surface area (Å²) in [5, 5.41) is 8.90. The van der Waals surface area contributed by atoms with Crippen molar-refractivity contribution in [1.29, 1.82) is 0 Å². The van der Waals surface area contributed by atoms with E-state index in [1.165, 1.54) is 31.2 Å². The van der Waals surface area contributed by atoms with Crippen LogP contribution >= 0.6 is 0 Å². The Hall–Kier alpha value is -1.22. The normalized spacial score (nSPS) is 12.5. The predicted octanol–water partition coefficient (Wildman–Crippen LogP) is 1.49. The summed E-state index contributed by atoms with van der Waals surface area (Å²) in [5.74, 6) is -0.987. The third kappa shape index (κ3) is 2.36. The highest BCUT2D eigenvalue weighted by Crippen LogP contribution is 2.16. The molecule has 0 aliphatic rings. The Morgan fingerprint density at radius 2 is 2.00 bits per heavy atom. The molecular weight excluding hydrogens is 171 g/mol. The fourth-order valence-electron chi connectivity index (χ4n) is 1.16. The van der Waals surface area contributed by atoms with Crippen LogP contribution in [0.1, 0.15) is 18.4 Å². The van der Waals surface area contributed by atoms with Crippen LogP contribution in [-0.4, -0.2) is 17.5 Å². The minimum Gasteiger partial charge on any atom is -0.395 e. The summed E-state index contributed by atoms with van der Waals surface area (Å²) in [6.07, 6.45) is 0. The van der Waals surface area contributed by atoms with Crippen LogP contribution in [0.3, 0.4) is 0 Å². The highest BCUT2D eigenvalue weighted by Gasteiger charge is 2.14. The van der Waals surface area contributed by atoms with Crippen molar-refractivity contribution in [3.05, 3.63) is 35.6 Å². The second-order valence-corrected chi connectivity index (χ2v) is 2.90. The molecule has 0 heterocycles. The molecule has 1 rings (SSSR count). The van der Waals surface area contributed by atoms with Gasteiger partial charge >= 0.3 is 0 Å². The third-order valence-corrected chi connectivity index (χ3v) is 1.95. The van der Waals surface area contributed by atoms with Crippen LogP contribution in [0, 0.1) is 5.82 Å². The summed E-state index contributed by atoms with van der Waals surface area (Å²) in [6, 6.07) is 5.58. The van der Waals surface area contributed by atoms with Gasteiger partial charge < -0.3 is 5.11 Å². The van der Waals surface area contributed by atoms with Crippen LogP contribution in [0.4, 0.5) is 4.39 Å². The Morgan fingerprint density at radius 1 is 1.46 bits per heavy atom. The first-order valence-corrected chi connectivity index (χ1v) is 4.02. The predicted molar refractivity (Wildman–Crippen MR) is 46.9 cm³/mol. The molecule has 0 radical (unpaired) electrons. The zero-order valence-electron chi connectivity index (χ0n) is 7.33. The van der Waals surface area contributed by atoms with Crippen molar-refractivity contribution in [2.45, 2.75) is 12.8 Å². The average molecular weight is 182 g/mol. The second-order valence-electron chi connectivity index (χ2n) is 2.90. The van der Waals surface area contributed by atoms with Crippen molar-refractivity contribution in [1.82, 2.24) is 0 Å². The average Bonchev–Trinajstić information content (AvgIpc) is 2.09. The topological polar surface area (TPSA) is 37.3 Å². The quantitative estimate of drug-likeness (QED) is 0.769. The highest BCUT2D eigenvalue weighted by atomic mass is 19.1. The Labute approximate surface area is 76.0 Å². The summed E-state index contributed by atoms with van der Waals surface area (Å²) in [7, 11) is 0. The number of aliphatic hydroxyl groups excluding tert-OH is 1. The summed E-state index contributed by atoms with van der Waals surface area (Å²) in [4.78, 5) is 11.0. The van der Waals surface area contributed by atoms with Gasteiger partial charge in [0.1, 0.15) is 11.6 Å². The van der Waals surface area contributed by atoms with E-state index in [1.54, 1.807) is 0 Å². The number of halogens is 1. The SMILES string of the molecule is CC(=O)C(CO)c1ccc(F)cc1. The molecule has 2 nitrogen and oxygen atoms in total. The highest BCUT2D eigenvalue weighted by molar-refractivity contribution is 5.83. The van der Waals surface area contributed by atoms with Crippen LogP contribution in [0.25, 0.3) is 0 Å². The van der Waals surface area contributed by atoms with Gasteiger partial charge in [-0.2, -0.15) is 0 Å². The molecule has 1 N–H and O–H groups in total. The molecule has 0 aliphatic carbocycles. The summed E-state index contributed by atoms with van der Waals surface area (Å²) in [5.41, 5.74) is 0.649. The molecule has 1 aromatic carbocycles. The van der Waals surface area contributed by atoms with E-state index in [0.29, 0.717) is 5.56 Å². The van der Waals surface area contributed by atoms with E-state index in [4.69, 9.17) is 5.11 Å². The fourth-order valence-corrected chi connectivity index (χ4v) is 1.16.